The number of amides is 1. The lowest BCUT2D eigenvalue weighted by molar-refractivity contribution is -0.122. The van der Waals surface area contributed by atoms with Crippen LogP contribution in [0.3, 0.4) is 0 Å². The predicted octanol–water partition coefficient (Wildman–Crippen LogP) is 1.91. The lowest BCUT2D eigenvalue weighted by atomic mass is 9.94. The molecule has 0 fully saturated rings. The van der Waals surface area contributed by atoms with Gasteiger partial charge in [-0.05, 0) is 19.0 Å². The van der Waals surface area contributed by atoms with Crippen LogP contribution < -0.4 is 10.6 Å². The fraction of sp³-hybridized carbons (Fsp3) is 0.500. The largest absolute Gasteiger partial charge is 0.354 e. The Morgan fingerprint density at radius 1 is 1.24 bits per heavy atom. The van der Waals surface area contributed by atoms with E-state index in [9.17, 15) is 4.79 Å². The molecular formula is C14H22N2O. The molecule has 94 valence electrons. The number of likely N-dealkylation sites (N-methyl/N-ethyl adjacent to an activating group) is 1. The highest BCUT2D eigenvalue weighted by Crippen LogP contribution is 2.20. The SMILES string of the molecule is CCCC(C(=O)NCCNC)c1ccccc1. The third-order valence-electron chi connectivity index (χ3n) is 2.77. The molecule has 1 amide bonds. The molecule has 2 N–H and O–H groups in total. The van der Waals surface area contributed by atoms with Gasteiger partial charge in [-0.15, -0.1) is 0 Å². The Balaban J connectivity index is 2.62. The molecule has 0 bridgehead atoms. The van der Waals surface area contributed by atoms with Gasteiger partial charge in [-0.1, -0.05) is 43.7 Å². The van der Waals surface area contributed by atoms with Gasteiger partial charge in [0.15, 0.2) is 0 Å². The molecule has 0 radical (unpaired) electrons. The van der Waals surface area contributed by atoms with Gasteiger partial charge in [-0.3, -0.25) is 4.79 Å². The highest BCUT2D eigenvalue weighted by molar-refractivity contribution is 5.83. The molecule has 0 spiro atoms. The molecule has 0 saturated carbocycles. The Kier molecular flexibility index (Phi) is 6.33. The van der Waals surface area contributed by atoms with Crippen LogP contribution in [0.4, 0.5) is 0 Å². The van der Waals surface area contributed by atoms with E-state index in [0.717, 1.165) is 24.9 Å². The van der Waals surface area contributed by atoms with Gasteiger partial charge >= 0.3 is 0 Å². The summed E-state index contributed by atoms with van der Waals surface area (Å²) in [5.41, 5.74) is 1.11. The van der Waals surface area contributed by atoms with Crippen molar-refractivity contribution in [1.82, 2.24) is 10.6 Å². The Morgan fingerprint density at radius 2 is 1.94 bits per heavy atom. The summed E-state index contributed by atoms with van der Waals surface area (Å²) in [4.78, 5) is 12.1. The molecule has 1 atom stereocenters. The topological polar surface area (TPSA) is 41.1 Å². The van der Waals surface area contributed by atoms with E-state index in [1.807, 2.05) is 37.4 Å². The number of carbonyl (C=O) groups is 1. The lowest BCUT2D eigenvalue weighted by Crippen LogP contribution is -2.34. The average molecular weight is 234 g/mol. The molecular weight excluding hydrogens is 212 g/mol. The van der Waals surface area contributed by atoms with Crippen molar-refractivity contribution in [1.29, 1.82) is 0 Å². The Hall–Kier alpha value is -1.35. The summed E-state index contributed by atoms with van der Waals surface area (Å²) in [6.07, 6.45) is 1.91. The van der Waals surface area contributed by atoms with Crippen LogP contribution in [-0.2, 0) is 4.79 Å². The number of benzene rings is 1. The second kappa shape index (κ2) is 7.85. The Morgan fingerprint density at radius 3 is 2.53 bits per heavy atom. The number of carbonyl (C=O) groups excluding carboxylic acids is 1. The van der Waals surface area contributed by atoms with E-state index < -0.39 is 0 Å². The third kappa shape index (κ3) is 4.57. The summed E-state index contributed by atoms with van der Waals surface area (Å²) >= 11 is 0. The average Bonchev–Trinajstić information content (AvgIpc) is 2.37. The zero-order chi connectivity index (χ0) is 12.5. The van der Waals surface area contributed by atoms with E-state index in [0.29, 0.717) is 6.54 Å². The van der Waals surface area contributed by atoms with E-state index in [2.05, 4.69) is 17.6 Å². The monoisotopic (exact) mass is 234 g/mol. The van der Waals surface area contributed by atoms with Crippen molar-refractivity contribution < 1.29 is 4.79 Å². The van der Waals surface area contributed by atoms with Crippen LogP contribution in [-0.4, -0.2) is 26.0 Å². The van der Waals surface area contributed by atoms with E-state index >= 15 is 0 Å². The van der Waals surface area contributed by atoms with E-state index in [-0.39, 0.29) is 11.8 Å². The summed E-state index contributed by atoms with van der Waals surface area (Å²) in [5.74, 6) is 0.117. The van der Waals surface area contributed by atoms with Crippen molar-refractivity contribution in [3.63, 3.8) is 0 Å². The molecule has 1 aromatic rings. The molecule has 3 heteroatoms. The molecule has 0 heterocycles. The second-order valence-electron chi connectivity index (χ2n) is 4.15. The first-order valence-electron chi connectivity index (χ1n) is 6.26. The summed E-state index contributed by atoms with van der Waals surface area (Å²) in [6, 6.07) is 10.00. The molecule has 1 rings (SSSR count). The number of hydrogen-bond acceptors (Lipinski definition) is 2. The first-order valence-corrected chi connectivity index (χ1v) is 6.26. The van der Waals surface area contributed by atoms with E-state index in [4.69, 9.17) is 0 Å². The van der Waals surface area contributed by atoms with Crippen LogP contribution in [0.2, 0.25) is 0 Å². The quantitative estimate of drug-likeness (QED) is 0.708. The summed E-state index contributed by atoms with van der Waals surface area (Å²) < 4.78 is 0. The molecule has 0 aliphatic carbocycles. The smallest absolute Gasteiger partial charge is 0.227 e. The molecule has 17 heavy (non-hydrogen) atoms. The van der Waals surface area contributed by atoms with Gasteiger partial charge in [0.1, 0.15) is 0 Å². The predicted molar refractivity (Wildman–Crippen MR) is 71.0 cm³/mol. The lowest BCUT2D eigenvalue weighted by Gasteiger charge is -2.16. The zero-order valence-electron chi connectivity index (χ0n) is 10.7. The van der Waals surface area contributed by atoms with Gasteiger partial charge in [0, 0.05) is 13.1 Å². The van der Waals surface area contributed by atoms with Crippen molar-refractivity contribution in [3.8, 4) is 0 Å². The summed E-state index contributed by atoms with van der Waals surface area (Å²) in [7, 11) is 1.88. The van der Waals surface area contributed by atoms with Gasteiger partial charge < -0.3 is 10.6 Å². The zero-order valence-corrected chi connectivity index (χ0v) is 10.7. The normalized spacial score (nSPS) is 12.1. The summed E-state index contributed by atoms with van der Waals surface area (Å²) in [5, 5.41) is 5.98. The van der Waals surface area contributed by atoms with Gasteiger partial charge in [0.2, 0.25) is 5.91 Å². The van der Waals surface area contributed by atoms with Crippen LogP contribution >= 0.6 is 0 Å². The van der Waals surface area contributed by atoms with E-state index in [1.165, 1.54) is 0 Å². The van der Waals surface area contributed by atoms with Crippen LogP contribution in [0.5, 0.6) is 0 Å². The van der Waals surface area contributed by atoms with Gasteiger partial charge in [-0.25, -0.2) is 0 Å². The molecule has 0 saturated heterocycles. The van der Waals surface area contributed by atoms with Gasteiger partial charge in [-0.2, -0.15) is 0 Å². The molecule has 3 nitrogen and oxygen atoms in total. The molecule has 1 unspecified atom stereocenters. The number of nitrogens with one attached hydrogen (secondary N) is 2. The Labute approximate surface area is 104 Å². The van der Waals surface area contributed by atoms with Crippen LogP contribution in [0.25, 0.3) is 0 Å². The van der Waals surface area contributed by atoms with E-state index in [1.54, 1.807) is 0 Å². The maximum atomic E-state index is 12.1. The highest BCUT2D eigenvalue weighted by Gasteiger charge is 2.18. The molecule has 0 aromatic heterocycles. The molecule has 0 aliphatic heterocycles. The third-order valence-corrected chi connectivity index (χ3v) is 2.77. The van der Waals surface area contributed by atoms with Crippen molar-refractivity contribution in [2.75, 3.05) is 20.1 Å². The minimum atomic E-state index is -0.0157. The van der Waals surface area contributed by atoms with Crippen LogP contribution in [0, 0.1) is 0 Å². The summed E-state index contributed by atoms with van der Waals surface area (Å²) in [6.45, 7) is 3.60. The van der Waals surface area contributed by atoms with Crippen LogP contribution in [0.1, 0.15) is 31.2 Å². The maximum absolute atomic E-state index is 12.1. The first-order chi connectivity index (χ1) is 8.29. The molecule has 1 aromatic carbocycles. The van der Waals surface area contributed by atoms with Crippen LogP contribution in [0.15, 0.2) is 30.3 Å². The van der Waals surface area contributed by atoms with Gasteiger partial charge in [0.25, 0.3) is 0 Å². The maximum Gasteiger partial charge on any atom is 0.227 e. The van der Waals surface area contributed by atoms with Gasteiger partial charge in [0.05, 0.1) is 5.92 Å². The standard InChI is InChI=1S/C14H22N2O/c1-3-7-13(12-8-5-4-6-9-12)14(17)16-11-10-15-2/h4-6,8-9,13,15H,3,7,10-11H2,1-2H3,(H,16,17). The fourth-order valence-corrected chi connectivity index (χ4v) is 1.86. The van der Waals surface area contributed by atoms with Crippen molar-refractivity contribution in [2.24, 2.45) is 0 Å². The Bertz CT molecular complexity index is 324. The highest BCUT2D eigenvalue weighted by atomic mass is 16.1. The van der Waals surface area contributed by atoms with Crippen molar-refractivity contribution >= 4 is 5.91 Å². The fourth-order valence-electron chi connectivity index (χ4n) is 1.86. The number of rotatable bonds is 7. The minimum Gasteiger partial charge on any atom is -0.354 e. The van der Waals surface area contributed by atoms with Crippen molar-refractivity contribution in [2.45, 2.75) is 25.7 Å². The first kappa shape index (κ1) is 13.7. The second-order valence-corrected chi connectivity index (χ2v) is 4.15. The molecule has 0 aliphatic rings. The minimum absolute atomic E-state index is 0.0157. The van der Waals surface area contributed by atoms with Crippen molar-refractivity contribution in [3.05, 3.63) is 35.9 Å². The number of hydrogen-bond donors (Lipinski definition) is 2.